The maximum absolute atomic E-state index is 12.9. The van der Waals surface area contributed by atoms with Gasteiger partial charge in [-0.05, 0) is 30.0 Å². The normalized spacial score (nSPS) is 24.6. The van der Waals surface area contributed by atoms with E-state index in [9.17, 15) is 4.79 Å². The number of amides is 1. The van der Waals surface area contributed by atoms with Gasteiger partial charge in [0.25, 0.3) is 5.91 Å². The average Bonchev–Trinajstić information content (AvgIpc) is 3.14. The fourth-order valence-corrected chi connectivity index (χ4v) is 4.36. The van der Waals surface area contributed by atoms with E-state index in [1.54, 1.807) is 35.9 Å². The van der Waals surface area contributed by atoms with Crippen molar-refractivity contribution in [2.45, 2.75) is 25.1 Å². The van der Waals surface area contributed by atoms with Gasteiger partial charge in [0.2, 0.25) is 0 Å². The van der Waals surface area contributed by atoms with Crippen LogP contribution in [0.15, 0.2) is 42.0 Å². The van der Waals surface area contributed by atoms with E-state index in [1.807, 2.05) is 4.90 Å². The summed E-state index contributed by atoms with van der Waals surface area (Å²) in [5, 5.41) is 2.12. The van der Waals surface area contributed by atoms with E-state index in [4.69, 9.17) is 4.74 Å². The van der Waals surface area contributed by atoms with Gasteiger partial charge < -0.3 is 9.64 Å². The fourth-order valence-electron chi connectivity index (χ4n) is 3.62. The molecule has 24 heavy (non-hydrogen) atoms. The molecule has 4 rings (SSSR count). The Morgan fingerprint density at radius 3 is 2.96 bits per heavy atom. The smallest absolute Gasteiger partial charge is 0.254 e. The monoisotopic (exact) mass is 343 g/mol. The maximum Gasteiger partial charge on any atom is 0.254 e. The molecule has 0 N–H and O–H groups in total. The number of carbonyl (C=O) groups is 1. The highest BCUT2D eigenvalue weighted by Gasteiger charge is 2.39. The minimum atomic E-state index is 0.0914. The molecule has 5 nitrogen and oxygen atoms in total. The number of hydrogen-bond donors (Lipinski definition) is 0. The molecule has 0 radical (unpaired) electrons. The molecule has 0 saturated carbocycles. The molecule has 2 aromatic rings. The number of hydrogen-bond acceptors (Lipinski definition) is 5. The largest absolute Gasteiger partial charge is 0.374 e. The van der Waals surface area contributed by atoms with Gasteiger partial charge in [0.15, 0.2) is 0 Å². The Kier molecular flexibility index (Phi) is 4.60. The van der Waals surface area contributed by atoms with Crippen molar-refractivity contribution in [3.8, 4) is 0 Å². The summed E-state index contributed by atoms with van der Waals surface area (Å²) in [7, 11) is 0. The molecule has 0 aromatic carbocycles. The predicted molar refractivity (Wildman–Crippen MR) is 93.0 cm³/mol. The van der Waals surface area contributed by atoms with Gasteiger partial charge in [-0.2, -0.15) is 0 Å². The van der Waals surface area contributed by atoms with Crippen molar-refractivity contribution < 1.29 is 9.53 Å². The van der Waals surface area contributed by atoms with Crippen LogP contribution in [-0.4, -0.2) is 59.1 Å². The van der Waals surface area contributed by atoms with Gasteiger partial charge in [0.1, 0.15) is 0 Å². The molecule has 4 heterocycles. The van der Waals surface area contributed by atoms with Crippen LogP contribution < -0.4 is 0 Å². The van der Waals surface area contributed by atoms with Gasteiger partial charge in [0, 0.05) is 49.0 Å². The lowest BCUT2D eigenvalue weighted by atomic mass is 9.97. The maximum atomic E-state index is 12.9. The summed E-state index contributed by atoms with van der Waals surface area (Å²) < 4.78 is 5.95. The van der Waals surface area contributed by atoms with Crippen LogP contribution in [0.4, 0.5) is 0 Å². The molecule has 1 amide bonds. The second-order valence-corrected chi connectivity index (χ2v) is 7.35. The quantitative estimate of drug-likeness (QED) is 0.858. The van der Waals surface area contributed by atoms with Gasteiger partial charge >= 0.3 is 0 Å². The SMILES string of the molecule is O=C(c1ccncc1)N1CCO[C@@H]2CCN(Cc3cccs3)C[C@H]21. The van der Waals surface area contributed by atoms with E-state index < -0.39 is 0 Å². The van der Waals surface area contributed by atoms with Crippen LogP contribution in [0.5, 0.6) is 0 Å². The van der Waals surface area contributed by atoms with Crippen molar-refractivity contribution >= 4 is 17.2 Å². The van der Waals surface area contributed by atoms with Crippen molar-refractivity contribution in [3.63, 3.8) is 0 Å². The number of aromatic nitrogens is 1. The van der Waals surface area contributed by atoms with Gasteiger partial charge in [-0.25, -0.2) is 0 Å². The second-order valence-electron chi connectivity index (χ2n) is 6.31. The number of piperidine rings is 1. The number of thiophene rings is 1. The number of nitrogens with zero attached hydrogens (tertiary/aromatic N) is 3. The zero-order valence-electron chi connectivity index (χ0n) is 13.5. The minimum absolute atomic E-state index is 0.0914. The first-order valence-corrected chi connectivity index (χ1v) is 9.26. The molecule has 6 heteroatoms. The Morgan fingerprint density at radius 1 is 1.29 bits per heavy atom. The summed E-state index contributed by atoms with van der Waals surface area (Å²) in [5.74, 6) is 0.0914. The van der Waals surface area contributed by atoms with Gasteiger partial charge in [-0.1, -0.05) is 6.07 Å². The van der Waals surface area contributed by atoms with E-state index in [1.165, 1.54) is 4.88 Å². The molecule has 2 aliphatic rings. The van der Waals surface area contributed by atoms with E-state index in [0.717, 1.165) is 26.1 Å². The Hall–Kier alpha value is -1.76. The van der Waals surface area contributed by atoms with E-state index in [2.05, 4.69) is 27.4 Å². The average molecular weight is 343 g/mol. The summed E-state index contributed by atoms with van der Waals surface area (Å²) in [6.45, 7) is 4.14. The lowest BCUT2D eigenvalue weighted by Crippen LogP contribution is -2.61. The lowest BCUT2D eigenvalue weighted by molar-refractivity contribution is -0.0913. The molecular weight excluding hydrogens is 322 g/mol. The third-order valence-corrected chi connectivity index (χ3v) is 5.68. The third kappa shape index (κ3) is 3.22. The number of ether oxygens (including phenoxy) is 1. The zero-order valence-corrected chi connectivity index (χ0v) is 14.3. The molecular formula is C18H21N3O2S. The van der Waals surface area contributed by atoms with Crippen LogP contribution in [0.3, 0.4) is 0 Å². The number of carbonyl (C=O) groups excluding carboxylic acids is 1. The number of likely N-dealkylation sites (tertiary alicyclic amines) is 1. The highest BCUT2D eigenvalue weighted by Crippen LogP contribution is 2.26. The first-order chi connectivity index (χ1) is 11.8. The topological polar surface area (TPSA) is 45.7 Å². The van der Waals surface area contributed by atoms with E-state index in [0.29, 0.717) is 18.7 Å². The zero-order chi connectivity index (χ0) is 16.4. The summed E-state index contributed by atoms with van der Waals surface area (Å²) in [4.78, 5) is 22.7. The van der Waals surface area contributed by atoms with Crippen molar-refractivity contribution in [1.29, 1.82) is 0 Å². The Labute approximate surface area is 145 Å². The molecule has 2 aliphatic heterocycles. The van der Waals surface area contributed by atoms with Crippen LogP contribution >= 0.6 is 11.3 Å². The summed E-state index contributed by atoms with van der Waals surface area (Å²) in [6, 6.07) is 7.98. The summed E-state index contributed by atoms with van der Waals surface area (Å²) >= 11 is 1.79. The number of fused-ring (bicyclic) bond motifs is 1. The van der Waals surface area contributed by atoms with E-state index in [-0.39, 0.29) is 18.1 Å². The minimum Gasteiger partial charge on any atom is -0.374 e. The second kappa shape index (κ2) is 7.01. The van der Waals surface area contributed by atoms with Crippen molar-refractivity contribution in [2.75, 3.05) is 26.2 Å². The summed E-state index contributed by atoms with van der Waals surface area (Å²) in [6.07, 6.45) is 4.49. The van der Waals surface area contributed by atoms with Crippen molar-refractivity contribution in [1.82, 2.24) is 14.8 Å². The first kappa shape index (κ1) is 15.7. The number of rotatable bonds is 3. The summed E-state index contributed by atoms with van der Waals surface area (Å²) in [5.41, 5.74) is 0.709. The third-order valence-electron chi connectivity index (χ3n) is 4.82. The Balaban J connectivity index is 1.49. The predicted octanol–water partition coefficient (Wildman–Crippen LogP) is 2.26. The molecule has 0 aliphatic carbocycles. The van der Waals surface area contributed by atoms with Crippen LogP contribution in [0.1, 0.15) is 21.7 Å². The molecule has 2 atom stereocenters. The molecule has 2 aromatic heterocycles. The van der Waals surface area contributed by atoms with Crippen LogP contribution in [0, 0.1) is 0 Å². The lowest BCUT2D eigenvalue weighted by Gasteiger charge is -2.47. The molecule has 2 saturated heterocycles. The molecule has 2 fully saturated rings. The fraction of sp³-hybridized carbons (Fsp3) is 0.444. The van der Waals surface area contributed by atoms with Crippen molar-refractivity contribution in [3.05, 3.63) is 52.5 Å². The van der Waals surface area contributed by atoms with Gasteiger partial charge in [-0.3, -0.25) is 14.7 Å². The van der Waals surface area contributed by atoms with Gasteiger partial charge in [0.05, 0.1) is 18.8 Å². The Bertz CT molecular complexity index is 677. The Morgan fingerprint density at radius 2 is 2.17 bits per heavy atom. The number of morpholine rings is 1. The highest BCUT2D eigenvalue weighted by molar-refractivity contribution is 7.09. The molecule has 0 unspecified atom stereocenters. The standard InChI is InChI=1S/C18H21N3O2S/c22-18(14-3-6-19-7-4-14)21-9-10-23-17-5-8-20(13-16(17)21)12-15-2-1-11-24-15/h1-4,6-7,11,16-17H,5,8-10,12-13H2/t16-,17-/m1/s1. The molecule has 0 spiro atoms. The first-order valence-electron chi connectivity index (χ1n) is 8.38. The molecule has 0 bridgehead atoms. The van der Waals surface area contributed by atoms with Crippen LogP contribution in [0.2, 0.25) is 0 Å². The number of pyridine rings is 1. The van der Waals surface area contributed by atoms with E-state index >= 15 is 0 Å². The molecule has 126 valence electrons. The van der Waals surface area contributed by atoms with Gasteiger partial charge in [-0.15, -0.1) is 11.3 Å². The van der Waals surface area contributed by atoms with Crippen molar-refractivity contribution in [2.24, 2.45) is 0 Å². The highest BCUT2D eigenvalue weighted by atomic mass is 32.1. The van der Waals surface area contributed by atoms with Crippen LogP contribution in [0.25, 0.3) is 0 Å². The van der Waals surface area contributed by atoms with Crippen LogP contribution in [-0.2, 0) is 11.3 Å².